The monoisotopic (exact) mass is 302 g/mol. The van der Waals surface area contributed by atoms with E-state index in [1.165, 1.54) is 5.39 Å². The predicted octanol–water partition coefficient (Wildman–Crippen LogP) is 4.20. The number of anilines is 1. The van der Waals surface area contributed by atoms with E-state index in [9.17, 15) is 0 Å². The molecule has 2 aromatic heterocycles. The summed E-state index contributed by atoms with van der Waals surface area (Å²) in [5.41, 5.74) is 1.06. The molecule has 1 aromatic carbocycles. The first-order valence-electron chi connectivity index (χ1n) is 5.64. The van der Waals surface area contributed by atoms with Gasteiger partial charge in [-0.25, -0.2) is 0 Å². The topological polar surface area (TPSA) is 38.1 Å². The van der Waals surface area contributed by atoms with Crippen LogP contribution < -0.4 is 5.32 Å². The highest BCUT2D eigenvalue weighted by Gasteiger charge is 2.02. The van der Waals surface area contributed by atoms with Crippen LogP contribution in [0.25, 0.3) is 10.8 Å². The number of aromatic nitrogens is 1. The number of rotatable bonds is 3. The van der Waals surface area contributed by atoms with Gasteiger partial charge in [0, 0.05) is 23.5 Å². The Morgan fingerprint density at radius 2 is 2.11 bits per heavy atom. The van der Waals surface area contributed by atoms with Crippen molar-refractivity contribution in [3.63, 3.8) is 0 Å². The highest BCUT2D eigenvalue weighted by molar-refractivity contribution is 9.10. The first-order valence-corrected chi connectivity index (χ1v) is 6.43. The summed E-state index contributed by atoms with van der Waals surface area (Å²) < 4.78 is 6.20. The van der Waals surface area contributed by atoms with Gasteiger partial charge in [-0.1, -0.05) is 12.1 Å². The van der Waals surface area contributed by atoms with Gasteiger partial charge in [-0.05, 0) is 45.6 Å². The van der Waals surface area contributed by atoms with Gasteiger partial charge in [0.25, 0.3) is 0 Å². The van der Waals surface area contributed by atoms with E-state index in [0.717, 1.165) is 21.5 Å². The fourth-order valence-corrected chi connectivity index (χ4v) is 2.24. The van der Waals surface area contributed by atoms with Crippen molar-refractivity contribution in [3.8, 4) is 0 Å². The minimum absolute atomic E-state index is 0.652. The summed E-state index contributed by atoms with van der Waals surface area (Å²) >= 11 is 3.29. The van der Waals surface area contributed by atoms with Crippen LogP contribution in [0.2, 0.25) is 0 Å². The summed E-state index contributed by atoms with van der Waals surface area (Å²) in [6.45, 7) is 0.652. The quantitative estimate of drug-likeness (QED) is 0.788. The average Bonchev–Trinajstić information content (AvgIpc) is 2.82. The smallest absolute Gasteiger partial charge is 0.169 e. The molecule has 2 heterocycles. The minimum Gasteiger partial charge on any atom is -0.452 e. The second-order valence-corrected chi connectivity index (χ2v) is 4.74. The molecule has 0 bridgehead atoms. The summed E-state index contributed by atoms with van der Waals surface area (Å²) in [4.78, 5) is 4.16. The maximum Gasteiger partial charge on any atom is 0.169 e. The van der Waals surface area contributed by atoms with Gasteiger partial charge >= 0.3 is 0 Å². The first kappa shape index (κ1) is 11.3. The van der Waals surface area contributed by atoms with E-state index in [0.29, 0.717) is 6.54 Å². The highest BCUT2D eigenvalue weighted by Crippen LogP contribution is 2.23. The summed E-state index contributed by atoms with van der Waals surface area (Å²) in [6.07, 6.45) is 3.67. The molecule has 0 spiro atoms. The number of pyridine rings is 1. The van der Waals surface area contributed by atoms with Gasteiger partial charge in [0.1, 0.15) is 5.76 Å². The molecule has 0 amide bonds. The molecule has 90 valence electrons. The zero-order valence-corrected chi connectivity index (χ0v) is 11.1. The molecule has 0 aliphatic rings. The fraction of sp³-hybridized carbons (Fsp3) is 0.0714. The van der Waals surface area contributed by atoms with Crippen molar-refractivity contribution in [1.29, 1.82) is 0 Å². The van der Waals surface area contributed by atoms with Crippen LogP contribution in [0.3, 0.4) is 0 Å². The lowest BCUT2D eigenvalue weighted by atomic mass is 10.1. The van der Waals surface area contributed by atoms with Gasteiger partial charge in [0.2, 0.25) is 0 Å². The Morgan fingerprint density at radius 3 is 2.94 bits per heavy atom. The number of furan rings is 1. The Balaban J connectivity index is 1.86. The van der Waals surface area contributed by atoms with Gasteiger partial charge in [-0.15, -0.1) is 0 Å². The molecule has 0 aliphatic heterocycles. The van der Waals surface area contributed by atoms with Gasteiger partial charge < -0.3 is 9.73 Å². The highest BCUT2D eigenvalue weighted by atomic mass is 79.9. The molecule has 0 atom stereocenters. The summed E-state index contributed by atoms with van der Waals surface area (Å²) in [5.74, 6) is 0.891. The van der Waals surface area contributed by atoms with Gasteiger partial charge in [-0.3, -0.25) is 4.98 Å². The number of nitrogens with zero attached hydrogens (tertiary/aromatic N) is 1. The third-order valence-corrected chi connectivity index (χ3v) is 3.19. The normalized spacial score (nSPS) is 10.7. The van der Waals surface area contributed by atoms with Crippen LogP contribution in [0.5, 0.6) is 0 Å². The molecule has 3 rings (SSSR count). The lowest BCUT2D eigenvalue weighted by molar-refractivity contribution is 0.495. The van der Waals surface area contributed by atoms with Crippen LogP contribution in [0.1, 0.15) is 5.76 Å². The minimum atomic E-state index is 0.652. The molecule has 3 aromatic rings. The zero-order valence-electron chi connectivity index (χ0n) is 9.56. The van der Waals surface area contributed by atoms with Crippen LogP contribution in [0, 0.1) is 0 Å². The number of hydrogen-bond acceptors (Lipinski definition) is 3. The van der Waals surface area contributed by atoms with E-state index in [1.54, 1.807) is 6.20 Å². The largest absolute Gasteiger partial charge is 0.452 e. The van der Waals surface area contributed by atoms with E-state index in [1.807, 2.05) is 36.5 Å². The van der Waals surface area contributed by atoms with Crippen LogP contribution >= 0.6 is 15.9 Å². The molecule has 0 radical (unpaired) electrons. The summed E-state index contributed by atoms with van der Waals surface area (Å²) in [7, 11) is 0. The van der Waals surface area contributed by atoms with E-state index in [2.05, 4.69) is 32.3 Å². The zero-order chi connectivity index (χ0) is 12.4. The Bertz CT molecular complexity index is 673. The van der Waals surface area contributed by atoms with Crippen molar-refractivity contribution in [2.75, 3.05) is 5.32 Å². The summed E-state index contributed by atoms with van der Waals surface area (Å²) in [6, 6.07) is 12.0. The predicted molar refractivity (Wildman–Crippen MR) is 75.5 cm³/mol. The Kier molecular flexibility index (Phi) is 3.02. The molecule has 1 N–H and O–H groups in total. The number of benzene rings is 1. The number of halogens is 1. The molecule has 18 heavy (non-hydrogen) atoms. The molecule has 3 nitrogen and oxygen atoms in total. The molecule has 0 saturated heterocycles. The lowest BCUT2D eigenvalue weighted by Crippen LogP contribution is -1.98. The van der Waals surface area contributed by atoms with Gasteiger partial charge in [0.15, 0.2) is 4.67 Å². The third kappa shape index (κ3) is 2.24. The van der Waals surface area contributed by atoms with E-state index >= 15 is 0 Å². The van der Waals surface area contributed by atoms with Crippen molar-refractivity contribution >= 4 is 32.4 Å². The van der Waals surface area contributed by atoms with Crippen LogP contribution in [0.15, 0.2) is 57.9 Å². The van der Waals surface area contributed by atoms with Crippen molar-refractivity contribution in [2.24, 2.45) is 0 Å². The maximum absolute atomic E-state index is 5.46. The molecular formula is C14H11BrN2O. The van der Waals surface area contributed by atoms with Gasteiger partial charge in [-0.2, -0.15) is 0 Å². The standard InChI is InChI=1S/C14H11BrN2O/c15-14-5-4-11(18-14)8-17-13-3-1-2-10-6-7-16-9-12(10)13/h1-7,9,17H,8H2. The maximum atomic E-state index is 5.46. The molecule has 0 unspecified atom stereocenters. The lowest BCUT2D eigenvalue weighted by Gasteiger charge is -2.07. The van der Waals surface area contributed by atoms with Crippen LogP contribution in [-0.4, -0.2) is 4.98 Å². The Hall–Kier alpha value is -1.81. The molecule has 4 heteroatoms. The van der Waals surface area contributed by atoms with Crippen molar-refractivity contribution in [1.82, 2.24) is 4.98 Å². The van der Waals surface area contributed by atoms with E-state index in [4.69, 9.17) is 4.42 Å². The molecule has 0 aliphatic carbocycles. The number of fused-ring (bicyclic) bond motifs is 1. The van der Waals surface area contributed by atoms with Crippen molar-refractivity contribution in [2.45, 2.75) is 6.54 Å². The Morgan fingerprint density at radius 1 is 1.17 bits per heavy atom. The van der Waals surface area contributed by atoms with Crippen molar-refractivity contribution < 1.29 is 4.42 Å². The molecular weight excluding hydrogens is 292 g/mol. The first-order chi connectivity index (χ1) is 8.83. The van der Waals surface area contributed by atoms with Crippen LogP contribution in [0.4, 0.5) is 5.69 Å². The Labute approximate surface area is 113 Å². The third-order valence-electron chi connectivity index (χ3n) is 2.77. The number of hydrogen-bond donors (Lipinski definition) is 1. The second-order valence-electron chi connectivity index (χ2n) is 3.96. The number of nitrogens with one attached hydrogen (secondary N) is 1. The second kappa shape index (κ2) is 4.82. The van der Waals surface area contributed by atoms with E-state index < -0.39 is 0 Å². The fourth-order valence-electron chi connectivity index (χ4n) is 1.90. The van der Waals surface area contributed by atoms with E-state index in [-0.39, 0.29) is 0 Å². The molecule has 0 saturated carbocycles. The van der Waals surface area contributed by atoms with Crippen LogP contribution in [-0.2, 0) is 6.54 Å². The van der Waals surface area contributed by atoms with Crippen molar-refractivity contribution in [3.05, 3.63) is 59.2 Å². The molecule has 0 fully saturated rings. The summed E-state index contributed by atoms with van der Waals surface area (Å²) in [5, 5.41) is 5.66. The SMILES string of the molecule is Brc1ccc(CNc2cccc3ccncc23)o1. The average molecular weight is 303 g/mol. The van der Waals surface area contributed by atoms with Gasteiger partial charge in [0.05, 0.1) is 6.54 Å².